The molecular weight excluding hydrogens is 334 g/mol. The average Bonchev–Trinajstić information content (AvgIpc) is 3.32. The number of halogens is 1. The summed E-state index contributed by atoms with van der Waals surface area (Å²) in [6, 6.07) is 5.42. The largest absolute Gasteiger partial charge is 0.353 e. The van der Waals surface area contributed by atoms with Crippen LogP contribution in [0.15, 0.2) is 28.2 Å². The summed E-state index contributed by atoms with van der Waals surface area (Å²) in [5, 5.41) is 4.60. The van der Waals surface area contributed by atoms with Crippen molar-refractivity contribution >= 4 is 40.2 Å². The quantitative estimate of drug-likeness (QED) is 0.642. The molecular formula is C16H18ClN3O2S. The molecule has 7 heteroatoms. The number of carbonyl (C=O) groups excluding carboxylic acids is 1. The SMILES string of the molecule is CCCn1c(SCC(=O)NC2CC2)nc2cc(Cl)ccc2c1=O. The highest BCUT2D eigenvalue weighted by Crippen LogP contribution is 2.22. The molecule has 0 atom stereocenters. The van der Waals surface area contributed by atoms with E-state index in [1.54, 1.807) is 22.8 Å². The van der Waals surface area contributed by atoms with Crippen molar-refractivity contribution in [2.75, 3.05) is 5.75 Å². The lowest BCUT2D eigenvalue weighted by Crippen LogP contribution is -2.28. The second-order valence-corrected chi connectivity index (χ2v) is 7.02. The molecule has 1 aliphatic carbocycles. The van der Waals surface area contributed by atoms with Gasteiger partial charge in [-0.2, -0.15) is 0 Å². The zero-order valence-electron chi connectivity index (χ0n) is 12.8. The monoisotopic (exact) mass is 351 g/mol. The summed E-state index contributed by atoms with van der Waals surface area (Å²) in [5.41, 5.74) is 0.485. The molecule has 0 unspecified atom stereocenters. The van der Waals surface area contributed by atoms with E-state index in [1.807, 2.05) is 6.92 Å². The topological polar surface area (TPSA) is 64.0 Å². The third kappa shape index (κ3) is 3.87. The number of thioether (sulfide) groups is 1. The molecule has 1 aliphatic rings. The predicted molar refractivity (Wildman–Crippen MR) is 93.2 cm³/mol. The fourth-order valence-electron chi connectivity index (χ4n) is 2.33. The van der Waals surface area contributed by atoms with Gasteiger partial charge >= 0.3 is 0 Å². The molecule has 0 radical (unpaired) electrons. The summed E-state index contributed by atoms with van der Waals surface area (Å²) < 4.78 is 1.64. The fraction of sp³-hybridized carbons (Fsp3) is 0.438. The maximum Gasteiger partial charge on any atom is 0.262 e. The molecule has 1 fully saturated rings. The number of fused-ring (bicyclic) bond motifs is 1. The van der Waals surface area contributed by atoms with Gasteiger partial charge in [0.1, 0.15) is 0 Å². The number of carbonyl (C=O) groups is 1. The van der Waals surface area contributed by atoms with Crippen molar-refractivity contribution in [3.8, 4) is 0 Å². The summed E-state index contributed by atoms with van der Waals surface area (Å²) in [7, 11) is 0. The predicted octanol–water partition coefficient (Wildman–Crippen LogP) is 2.83. The Morgan fingerprint density at radius 2 is 2.26 bits per heavy atom. The molecule has 1 amide bonds. The third-order valence-corrected chi connectivity index (χ3v) is 4.82. The van der Waals surface area contributed by atoms with Crippen LogP contribution in [0, 0.1) is 0 Å². The van der Waals surface area contributed by atoms with E-state index in [0.29, 0.717) is 33.7 Å². The van der Waals surface area contributed by atoms with Crippen LogP contribution in [-0.2, 0) is 11.3 Å². The van der Waals surface area contributed by atoms with Gasteiger partial charge in [-0.1, -0.05) is 30.3 Å². The molecule has 1 heterocycles. The lowest BCUT2D eigenvalue weighted by Gasteiger charge is -2.12. The van der Waals surface area contributed by atoms with Gasteiger partial charge in [0, 0.05) is 17.6 Å². The number of benzene rings is 1. The van der Waals surface area contributed by atoms with Crippen LogP contribution in [0.3, 0.4) is 0 Å². The Balaban J connectivity index is 1.90. The van der Waals surface area contributed by atoms with Crippen LogP contribution < -0.4 is 10.9 Å². The Kier molecular flexibility index (Phi) is 4.92. The van der Waals surface area contributed by atoms with Gasteiger partial charge in [0.15, 0.2) is 5.16 Å². The van der Waals surface area contributed by atoms with Crippen LogP contribution in [0.4, 0.5) is 0 Å². The van der Waals surface area contributed by atoms with Gasteiger partial charge in [-0.3, -0.25) is 14.2 Å². The zero-order valence-corrected chi connectivity index (χ0v) is 14.4. The average molecular weight is 352 g/mol. The minimum atomic E-state index is -0.0846. The van der Waals surface area contributed by atoms with Crippen LogP contribution in [0.5, 0.6) is 0 Å². The Labute approximate surface area is 143 Å². The van der Waals surface area contributed by atoms with Gasteiger partial charge in [-0.15, -0.1) is 0 Å². The van der Waals surface area contributed by atoms with E-state index in [0.717, 1.165) is 19.3 Å². The van der Waals surface area contributed by atoms with Crippen molar-refractivity contribution in [1.82, 2.24) is 14.9 Å². The smallest absolute Gasteiger partial charge is 0.262 e. The number of nitrogens with zero attached hydrogens (tertiary/aromatic N) is 2. The van der Waals surface area contributed by atoms with Crippen LogP contribution in [-0.4, -0.2) is 27.3 Å². The number of hydrogen-bond acceptors (Lipinski definition) is 4. The van der Waals surface area contributed by atoms with E-state index in [9.17, 15) is 9.59 Å². The van der Waals surface area contributed by atoms with Gasteiger partial charge < -0.3 is 5.32 Å². The highest BCUT2D eigenvalue weighted by Gasteiger charge is 2.23. The lowest BCUT2D eigenvalue weighted by molar-refractivity contribution is -0.118. The molecule has 5 nitrogen and oxygen atoms in total. The maximum absolute atomic E-state index is 12.6. The van der Waals surface area contributed by atoms with Crippen molar-refractivity contribution in [3.05, 3.63) is 33.6 Å². The zero-order chi connectivity index (χ0) is 16.4. The van der Waals surface area contributed by atoms with Gasteiger partial charge in [0.05, 0.1) is 16.7 Å². The molecule has 3 rings (SSSR count). The molecule has 0 saturated heterocycles. The Bertz CT molecular complexity index is 802. The molecule has 0 aliphatic heterocycles. The molecule has 1 aromatic carbocycles. The first-order valence-electron chi connectivity index (χ1n) is 7.70. The second-order valence-electron chi connectivity index (χ2n) is 5.64. The van der Waals surface area contributed by atoms with Crippen molar-refractivity contribution in [2.24, 2.45) is 0 Å². The van der Waals surface area contributed by atoms with Gasteiger partial charge in [0.2, 0.25) is 5.91 Å². The Morgan fingerprint density at radius 3 is 2.96 bits per heavy atom. The molecule has 0 bridgehead atoms. The van der Waals surface area contributed by atoms with Crippen LogP contribution in [0.2, 0.25) is 5.02 Å². The van der Waals surface area contributed by atoms with E-state index in [-0.39, 0.29) is 17.2 Å². The highest BCUT2D eigenvalue weighted by atomic mass is 35.5. The molecule has 23 heavy (non-hydrogen) atoms. The van der Waals surface area contributed by atoms with E-state index >= 15 is 0 Å². The first-order valence-corrected chi connectivity index (χ1v) is 9.07. The van der Waals surface area contributed by atoms with Gasteiger partial charge in [-0.05, 0) is 37.5 Å². The molecule has 122 valence electrons. The number of nitrogens with one attached hydrogen (secondary N) is 1. The van der Waals surface area contributed by atoms with Crippen molar-refractivity contribution in [2.45, 2.75) is 43.9 Å². The Morgan fingerprint density at radius 1 is 1.48 bits per heavy atom. The normalized spacial score (nSPS) is 14.2. The van der Waals surface area contributed by atoms with Gasteiger partial charge in [0.25, 0.3) is 5.56 Å². The summed E-state index contributed by atoms with van der Waals surface area (Å²) in [5.74, 6) is 0.250. The van der Waals surface area contributed by atoms with Crippen molar-refractivity contribution < 1.29 is 4.79 Å². The number of amides is 1. The molecule has 1 N–H and O–H groups in total. The van der Waals surface area contributed by atoms with Gasteiger partial charge in [-0.25, -0.2) is 4.98 Å². The number of rotatable bonds is 6. The highest BCUT2D eigenvalue weighted by molar-refractivity contribution is 7.99. The lowest BCUT2D eigenvalue weighted by atomic mass is 10.2. The van der Waals surface area contributed by atoms with Crippen molar-refractivity contribution in [3.63, 3.8) is 0 Å². The standard InChI is InChI=1S/C16H18ClN3O2S/c1-2-7-20-15(22)12-6-3-10(17)8-13(12)19-16(20)23-9-14(21)18-11-4-5-11/h3,6,8,11H,2,4-5,7,9H2,1H3,(H,18,21). The minimum absolute atomic E-state index is 0.0130. The third-order valence-electron chi connectivity index (χ3n) is 3.60. The van der Waals surface area contributed by atoms with Crippen LogP contribution >= 0.6 is 23.4 Å². The Hall–Kier alpha value is -1.53. The molecule has 1 aromatic heterocycles. The second kappa shape index (κ2) is 6.93. The van der Waals surface area contributed by atoms with Crippen LogP contribution in [0.25, 0.3) is 10.9 Å². The number of hydrogen-bond donors (Lipinski definition) is 1. The van der Waals surface area contributed by atoms with E-state index in [2.05, 4.69) is 10.3 Å². The van der Waals surface area contributed by atoms with Crippen LogP contribution in [0.1, 0.15) is 26.2 Å². The first-order chi connectivity index (χ1) is 11.1. The molecule has 2 aromatic rings. The van der Waals surface area contributed by atoms with E-state index < -0.39 is 0 Å². The molecule has 1 saturated carbocycles. The van der Waals surface area contributed by atoms with Crippen molar-refractivity contribution in [1.29, 1.82) is 0 Å². The van der Waals surface area contributed by atoms with E-state index in [1.165, 1.54) is 11.8 Å². The minimum Gasteiger partial charge on any atom is -0.353 e. The summed E-state index contributed by atoms with van der Waals surface area (Å²) in [6.07, 6.45) is 2.94. The number of aromatic nitrogens is 2. The van der Waals surface area contributed by atoms with E-state index in [4.69, 9.17) is 11.6 Å². The first kappa shape index (κ1) is 16.3. The summed E-state index contributed by atoms with van der Waals surface area (Å²) >= 11 is 7.29. The maximum atomic E-state index is 12.6. The molecule has 0 spiro atoms. The summed E-state index contributed by atoms with van der Waals surface area (Å²) in [4.78, 5) is 29.1. The summed E-state index contributed by atoms with van der Waals surface area (Å²) in [6.45, 7) is 2.59. The fourth-order valence-corrected chi connectivity index (χ4v) is 3.33.